The summed E-state index contributed by atoms with van der Waals surface area (Å²) < 4.78 is 4.74. The predicted molar refractivity (Wildman–Crippen MR) is 103 cm³/mol. The van der Waals surface area contributed by atoms with E-state index in [0.717, 1.165) is 0 Å². The van der Waals surface area contributed by atoms with E-state index in [9.17, 15) is 9.59 Å². The van der Waals surface area contributed by atoms with Crippen molar-refractivity contribution < 1.29 is 14.3 Å². The summed E-state index contributed by atoms with van der Waals surface area (Å²) in [5.74, 6) is 0.758. The molecule has 1 aliphatic rings. The van der Waals surface area contributed by atoms with E-state index in [0.29, 0.717) is 54.2 Å². The fraction of sp³-hybridized carbons (Fsp3) is 0.333. The monoisotopic (exact) mass is 389 g/mol. The zero-order valence-electron chi connectivity index (χ0n) is 15.1. The number of hydrogen-bond acceptors (Lipinski definition) is 7. The fourth-order valence-electron chi connectivity index (χ4n) is 2.80. The first kappa shape index (κ1) is 18.9. The summed E-state index contributed by atoms with van der Waals surface area (Å²) in [4.78, 5) is 35.8. The Morgan fingerprint density at radius 1 is 1.19 bits per heavy atom. The topological polar surface area (TPSA) is 87.7 Å². The van der Waals surface area contributed by atoms with Gasteiger partial charge in [-0.05, 0) is 24.3 Å². The number of nitrogens with one attached hydrogen (secondary N) is 1. The van der Waals surface area contributed by atoms with Crippen molar-refractivity contribution in [3.8, 4) is 0 Å². The second-order valence-corrected chi connectivity index (χ2v) is 6.45. The summed E-state index contributed by atoms with van der Waals surface area (Å²) in [6.45, 7) is 4.19. The van der Waals surface area contributed by atoms with Crippen LogP contribution in [0.3, 0.4) is 0 Å². The van der Waals surface area contributed by atoms with E-state index in [1.807, 2.05) is 4.90 Å². The third-order valence-electron chi connectivity index (χ3n) is 4.30. The van der Waals surface area contributed by atoms with Gasteiger partial charge < -0.3 is 19.9 Å². The van der Waals surface area contributed by atoms with Gasteiger partial charge in [0.2, 0.25) is 11.9 Å². The molecule has 1 aliphatic heterocycles. The number of aromatic nitrogens is 2. The van der Waals surface area contributed by atoms with Crippen LogP contribution in [0.5, 0.6) is 0 Å². The van der Waals surface area contributed by atoms with Crippen LogP contribution in [-0.2, 0) is 9.53 Å². The van der Waals surface area contributed by atoms with Crippen molar-refractivity contribution in [3.63, 3.8) is 0 Å². The Hall–Kier alpha value is -2.87. The van der Waals surface area contributed by atoms with Gasteiger partial charge in [-0.1, -0.05) is 11.6 Å². The molecule has 0 unspecified atom stereocenters. The normalized spacial score (nSPS) is 14.0. The average Bonchev–Trinajstić information content (AvgIpc) is 2.69. The quantitative estimate of drug-likeness (QED) is 0.803. The highest BCUT2D eigenvalue weighted by atomic mass is 35.5. The number of carbonyl (C=O) groups excluding carboxylic acids is 2. The Labute approximate surface area is 162 Å². The number of amides is 1. The number of nitrogens with zero attached hydrogens (tertiary/aromatic N) is 4. The van der Waals surface area contributed by atoms with Crippen molar-refractivity contribution in [2.45, 2.75) is 6.92 Å². The summed E-state index contributed by atoms with van der Waals surface area (Å²) in [5, 5.41) is 3.57. The number of piperazine rings is 1. The van der Waals surface area contributed by atoms with E-state index < -0.39 is 5.97 Å². The molecule has 8 nitrogen and oxygen atoms in total. The summed E-state index contributed by atoms with van der Waals surface area (Å²) >= 11 is 6.22. The fourth-order valence-corrected chi connectivity index (χ4v) is 2.96. The Balaban J connectivity index is 1.75. The first-order chi connectivity index (χ1) is 13.0. The molecule has 1 aromatic carbocycles. The summed E-state index contributed by atoms with van der Waals surface area (Å²) in [6.07, 6.45) is 1.65. The molecule has 1 N–H and O–H groups in total. The lowest BCUT2D eigenvalue weighted by Crippen LogP contribution is -2.48. The van der Waals surface area contributed by atoms with Crippen LogP contribution in [0.1, 0.15) is 17.3 Å². The number of anilines is 3. The van der Waals surface area contributed by atoms with Gasteiger partial charge in [0.25, 0.3) is 0 Å². The molecule has 2 heterocycles. The molecule has 142 valence electrons. The van der Waals surface area contributed by atoms with E-state index >= 15 is 0 Å². The van der Waals surface area contributed by atoms with Crippen LogP contribution in [0.2, 0.25) is 5.02 Å². The first-order valence-corrected chi connectivity index (χ1v) is 8.84. The van der Waals surface area contributed by atoms with E-state index in [4.69, 9.17) is 16.3 Å². The molecule has 2 aromatic rings. The molecule has 0 atom stereocenters. The molecule has 9 heteroatoms. The van der Waals surface area contributed by atoms with Crippen molar-refractivity contribution in [1.29, 1.82) is 0 Å². The number of halogens is 1. The molecule has 0 saturated carbocycles. The van der Waals surface area contributed by atoms with Crippen LogP contribution in [0.15, 0.2) is 30.5 Å². The Bertz CT molecular complexity index is 853. The van der Waals surface area contributed by atoms with Crippen LogP contribution in [0.4, 0.5) is 17.5 Å². The molecule has 3 rings (SSSR count). The standard InChI is InChI=1S/C18H20ClN5O3/c1-12(25)23-7-9-24(10-8-23)18-20-6-5-16(22-18)21-15-11-13(17(26)27-2)3-4-14(15)19/h3-6,11H,7-10H2,1-2H3,(H,20,21,22). The van der Waals surface area contributed by atoms with E-state index in [1.165, 1.54) is 7.11 Å². The highest BCUT2D eigenvalue weighted by Crippen LogP contribution is 2.27. The number of hydrogen-bond donors (Lipinski definition) is 1. The third kappa shape index (κ3) is 4.46. The maximum Gasteiger partial charge on any atom is 0.337 e. The third-order valence-corrected chi connectivity index (χ3v) is 4.63. The van der Waals surface area contributed by atoms with Crippen molar-refractivity contribution in [2.75, 3.05) is 43.5 Å². The highest BCUT2D eigenvalue weighted by Gasteiger charge is 2.20. The number of rotatable bonds is 4. The molecule has 1 amide bonds. The lowest BCUT2D eigenvalue weighted by atomic mass is 10.2. The molecule has 0 aliphatic carbocycles. The second-order valence-electron chi connectivity index (χ2n) is 6.05. The Kier molecular flexibility index (Phi) is 5.75. The molecule has 0 spiro atoms. The van der Waals surface area contributed by atoms with Crippen LogP contribution < -0.4 is 10.2 Å². The summed E-state index contributed by atoms with van der Waals surface area (Å²) in [6, 6.07) is 6.55. The van der Waals surface area contributed by atoms with Crippen molar-refractivity contribution in [1.82, 2.24) is 14.9 Å². The molecular weight excluding hydrogens is 370 g/mol. The zero-order chi connectivity index (χ0) is 19.4. The van der Waals surface area contributed by atoms with Crippen molar-refractivity contribution >= 4 is 40.9 Å². The maximum absolute atomic E-state index is 11.7. The zero-order valence-corrected chi connectivity index (χ0v) is 15.9. The maximum atomic E-state index is 11.7. The van der Waals surface area contributed by atoms with Gasteiger partial charge in [-0.25, -0.2) is 9.78 Å². The number of methoxy groups -OCH3 is 1. The number of ether oxygens (including phenoxy) is 1. The molecular formula is C18H20ClN5O3. The van der Waals surface area contributed by atoms with Gasteiger partial charge in [-0.15, -0.1) is 0 Å². The molecule has 27 heavy (non-hydrogen) atoms. The minimum Gasteiger partial charge on any atom is -0.465 e. The van der Waals surface area contributed by atoms with Crippen LogP contribution in [-0.4, -0.2) is 60.0 Å². The lowest BCUT2D eigenvalue weighted by molar-refractivity contribution is -0.129. The van der Waals surface area contributed by atoms with E-state index in [-0.39, 0.29) is 5.91 Å². The average molecular weight is 390 g/mol. The van der Waals surface area contributed by atoms with Crippen LogP contribution in [0.25, 0.3) is 0 Å². The highest BCUT2D eigenvalue weighted by molar-refractivity contribution is 6.33. The largest absolute Gasteiger partial charge is 0.465 e. The van der Waals surface area contributed by atoms with Gasteiger partial charge in [0.15, 0.2) is 0 Å². The molecule has 1 fully saturated rings. The van der Waals surface area contributed by atoms with Crippen molar-refractivity contribution in [2.24, 2.45) is 0 Å². The Morgan fingerprint density at radius 3 is 2.59 bits per heavy atom. The number of esters is 1. The van der Waals surface area contributed by atoms with Gasteiger partial charge in [-0.3, -0.25) is 4.79 Å². The number of benzene rings is 1. The van der Waals surface area contributed by atoms with Crippen molar-refractivity contribution in [3.05, 3.63) is 41.0 Å². The van der Waals surface area contributed by atoms with Gasteiger partial charge in [0.05, 0.1) is 23.4 Å². The summed E-state index contributed by atoms with van der Waals surface area (Å²) in [5.41, 5.74) is 0.935. The van der Waals surface area contributed by atoms with E-state index in [2.05, 4.69) is 15.3 Å². The van der Waals surface area contributed by atoms with Crippen LogP contribution in [0, 0.1) is 0 Å². The molecule has 1 saturated heterocycles. The van der Waals surface area contributed by atoms with Gasteiger partial charge >= 0.3 is 5.97 Å². The van der Waals surface area contributed by atoms with Gasteiger partial charge in [-0.2, -0.15) is 4.98 Å². The van der Waals surface area contributed by atoms with Gasteiger partial charge in [0, 0.05) is 39.3 Å². The summed E-state index contributed by atoms with van der Waals surface area (Å²) in [7, 11) is 1.33. The molecule has 0 bridgehead atoms. The number of carbonyl (C=O) groups is 2. The lowest BCUT2D eigenvalue weighted by Gasteiger charge is -2.34. The first-order valence-electron chi connectivity index (χ1n) is 8.46. The smallest absolute Gasteiger partial charge is 0.337 e. The SMILES string of the molecule is COC(=O)c1ccc(Cl)c(Nc2ccnc(N3CCN(C(C)=O)CC3)n2)c1. The molecule has 0 radical (unpaired) electrons. The predicted octanol–water partition coefficient (Wildman–Crippen LogP) is 2.33. The minimum atomic E-state index is -0.443. The van der Waals surface area contributed by atoms with Crippen LogP contribution >= 0.6 is 11.6 Å². The minimum absolute atomic E-state index is 0.0751. The molecule has 1 aromatic heterocycles. The Morgan fingerprint density at radius 2 is 1.93 bits per heavy atom. The van der Waals surface area contributed by atoms with E-state index in [1.54, 1.807) is 42.3 Å². The van der Waals surface area contributed by atoms with Gasteiger partial charge in [0.1, 0.15) is 5.82 Å². The second kappa shape index (κ2) is 8.22.